The molecular weight excluding hydrogens is 172 g/mol. The molecule has 0 aliphatic rings. The minimum atomic E-state index is 0.0447. The van der Waals surface area contributed by atoms with Crippen LogP contribution in [-0.2, 0) is 0 Å². The first kappa shape index (κ1) is 10.7. The monoisotopic (exact) mass is 188 g/mol. The van der Waals surface area contributed by atoms with E-state index in [0.29, 0.717) is 0 Å². The molecule has 0 radical (unpaired) electrons. The molecule has 1 aromatic carbocycles. The van der Waals surface area contributed by atoms with Crippen molar-refractivity contribution in [1.82, 2.24) is 0 Å². The molecule has 0 aromatic heterocycles. The van der Waals surface area contributed by atoms with E-state index in [1.807, 2.05) is 24.3 Å². The largest absolute Gasteiger partial charge is 0.497 e. The number of hydrogen-bond donors (Lipinski definition) is 0. The van der Waals surface area contributed by atoms with Gasteiger partial charge in [-0.3, -0.25) is 0 Å². The van der Waals surface area contributed by atoms with Crippen LogP contribution in [0.15, 0.2) is 24.3 Å². The summed E-state index contributed by atoms with van der Waals surface area (Å²) < 4.78 is 5.12. The third kappa shape index (κ3) is 3.53. The van der Waals surface area contributed by atoms with Gasteiger partial charge in [-0.15, -0.1) is 0 Å². The second-order valence-corrected chi connectivity index (χ2v) is 4.23. The fraction of sp³-hybridized carbons (Fsp3) is 0.385. The first-order valence-corrected chi connectivity index (χ1v) is 4.68. The SMILES string of the molecule is COc1cccc(C#CC(C)(C)C)c1. The minimum Gasteiger partial charge on any atom is -0.497 e. The fourth-order valence-corrected chi connectivity index (χ4v) is 0.960. The number of hydrogen-bond acceptors (Lipinski definition) is 1. The second kappa shape index (κ2) is 4.19. The zero-order valence-electron chi connectivity index (χ0n) is 9.22. The molecule has 1 nitrogen and oxygen atoms in total. The van der Waals surface area contributed by atoms with Gasteiger partial charge < -0.3 is 4.74 Å². The van der Waals surface area contributed by atoms with Crippen molar-refractivity contribution in [2.24, 2.45) is 5.41 Å². The van der Waals surface area contributed by atoms with E-state index in [1.165, 1.54) is 0 Å². The number of benzene rings is 1. The van der Waals surface area contributed by atoms with Gasteiger partial charge in [0.25, 0.3) is 0 Å². The Kier molecular flexibility index (Phi) is 3.19. The molecule has 0 bridgehead atoms. The highest BCUT2D eigenvalue weighted by Gasteiger charge is 2.03. The van der Waals surface area contributed by atoms with E-state index in [2.05, 4.69) is 32.6 Å². The predicted octanol–water partition coefficient (Wildman–Crippen LogP) is 3.09. The van der Waals surface area contributed by atoms with E-state index in [9.17, 15) is 0 Å². The molecular formula is C13H16O. The van der Waals surface area contributed by atoms with Crippen LogP contribution in [0.2, 0.25) is 0 Å². The third-order valence-corrected chi connectivity index (χ3v) is 1.65. The first-order valence-electron chi connectivity index (χ1n) is 4.68. The third-order valence-electron chi connectivity index (χ3n) is 1.65. The smallest absolute Gasteiger partial charge is 0.120 e. The summed E-state index contributed by atoms with van der Waals surface area (Å²) in [6, 6.07) is 7.80. The molecule has 0 aliphatic heterocycles. The minimum absolute atomic E-state index is 0.0447. The molecule has 0 saturated heterocycles. The Bertz CT molecular complexity index is 361. The highest BCUT2D eigenvalue weighted by atomic mass is 16.5. The Labute approximate surface area is 86.1 Å². The van der Waals surface area contributed by atoms with Crippen LogP contribution in [0.5, 0.6) is 5.75 Å². The Morgan fingerprint density at radius 2 is 1.93 bits per heavy atom. The van der Waals surface area contributed by atoms with Gasteiger partial charge in [-0.2, -0.15) is 0 Å². The van der Waals surface area contributed by atoms with Gasteiger partial charge in [0.05, 0.1) is 7.11 Å². The van der Waals surface area contributed by atoms with Crippen LogP contribution in [0.1, 0.15) is 26.3 Å². The Balaban J connectivity index is 2.90. The summed E-state index contributed by atoms with van der Waals surface area (Å²) in [5.74, 6) is 7.17. The van der Waals surface area contributed by atoms with Gasteiger partial charge >= 0.3 is 0 Å². The maximum Gasteiger partial charge on any atom is 0.120 e. The molecule has 0 saturated carbocycles. The summed E-state index contributed by atoms with van der Waals surface area (Å²) >= 11 is 0. The molecule has 74 valence electrons. The van der Waals surface area contributed by atoms with Crippen molar-refractivity contribution in [3.05, 3.63) is 29.8 Å². The van der Waals surface area contributed by atoms with Gasteiger partial charge in [0, 0.05) is 11.0 Å². The molecule has 0 unspecified atom stereocenters. The summed E-state index contributed by atoms with van der Waals surface area (Å²) in [5, 5.41) is 0. The van der Waals surface area contributed by atoms with Gasteiger partial charge in [0.15, 0.2) is 0 Å². The Hall–Kier alpha value is -1.42. The number of rotatable bonds is 1. The van der Waals surface area contributed by atoms with Crippen LogP contribution >= 0.6 is 0 Å². The zero-order valence-corrected chi connectivity index (χ0v) is 9.22. The molecule has 0 aliphatic carbocycles. The van der Waals surface area contributed by atoms with Crippen molar-refractivity contribution >= 4 is 0 Å². The van der Waals surface area contributed by atoms with Crippen LogP contribution in [0.4, 0.5) is 0 Å². The normalized spacial score (nSPS) is 10.3. The van der Waals surface area contributed by atoms with E-state index < -0.39 is 0 Å². The van der Waals surface area contributed by atoms with E-state index >= 15 is 0 Å². The summed E-state index contributed by atoms with van der Waals surface area (Å²) in [7, 11) is 1.66. The summed E-state index contributed by atoms with van der Waals surface area (Å²) in [4.78, 5) is 0. The lowest BCUT2D eigenvalue weighted by atomic mass is 9.97. The lowest BCUT2D eigenvalue weighted by Crippen LogP contribution is -1.99. The van der Waals surface area contributed by atoms with Crippen molar-refractivity contribution in [3.63, 3.8) is 0 Å². The Morgan fingerprint density at radius 1 is 1.21 bits per heavy atom. The average Bonchev–Trinajstić information content (AvgIpc) is 2.14. The van der Waals surface area contributed by atoms with Gasteiger partial charge in [-0.1, -0.05) is 17.9 Å². The quantitative estimate of drug-likeness (QED) is 0.615. The number of methoxy groups -OCH3 is 1. The molecule has 1 aromatic rings. The average molecular weight is 188 g/mol. The standard InChI is InChI=1S/C13H16O/c1-13(2,3)9-8-11-6-5-7-12(10-11)14-4/h5-7,10H,1-4H3. The molecule has 0 atom stereocenters. The Morgan fingerprint density at radius 3 is 2.50 bits per heavy atom. The zero-order chi connectivity index (χ0) is 10.6. The van der Waals surface area contributed by atoms with E-state index in [1.54, 1.807) is 7.11 Å². The van der Waals surface area contributed by atoms with E-state index in [4.69, 9.17) is 4.74 Å². The fourth-order valence-electron chi connectivity index (χ4n) is 0.960. The topological polar surface area (TPSA) is 9.23 Å². The molecule has 0 N–H and O–H groups in total. The molecule has 0 amide bonds. The number of ether oxygens (including phenoxy) is 1. The molecule has 0 spiro atoms. The highest BCUT2D eigenvalue weighted by molar-refractivity contribution is 5.40. The van der Waals surface area contributed by atoms with Crippen LogP contribution in [0.3, 0.4) is 0 Å². The van der Waals surface area contributed by atoms with Crippen molar-refractivity contribution in [2.45, 2.75) is 20.8 Å². The van der Waals surface area contributed by atoms with E-state index in [0.717, 1.165) is 11.3 Å². The summed E-state index contributed by atoms with van der Waals surface area (Å²) in [6.07, 6.45) is 0. The second-order valence-electron chi connectivity index (χ2n) is 4.23. The molecule has 1 heteroatoms. The van der Waals surface area contributed by atoms with E-state index in [-0.39, 0.29) is 5.41 Å². The van der Waals surface area contributed by atoms with Gasteiger partial charge in [-0.25, -0.2) is 0 Å². The van der Waals surface area contributed by atoms with Gasteiger partial charge in [-0.05, 0) is 39.0 Å². The lowest BCUT2D eigenvalue weighted by molar-refractivity contribution is 0.414. The van der Waals surface area contributed by atoms with Gasteiger partial charge in [0.1, 0.15) is 5.75 Å². The molecule has 14 heavy (non-hydrogen) atoms. The maximum absolute atomic E-state index is 5.12. The molecule has 0 fully saturated rings. The van der Waals surface area contributed by atoms with Crippen LogP contribution in [-0.4, -0.2) is 7.11 Å². The van der Waals surface area contributed by atoms with Crippen molar-refractivity contribution in [2.75, 3.05) is 7.11 Å². The maximum atomic E-state index is 5.12. The van der Waals surface area contributed by atoms with Crippen molar-refractivity contribution in [3.8, 4) is 17.6 Å². The van der Waals surface area contributed by atoms with Crippen LogP contribution in [0.25, 0.3) is 0 Å². The summed E-state index contributed by atoms with van der Waals surface area (Å²) in [6.45, 7) is 6.29. The van der Waals surface area contributed by atoms with Crippen LogP contribution in [0, 0.1) is 17.3 Å². The predicted molar refractivity (Wildman–Crippen MR) is 59.3 cm³/mol. The van der Waals surface area contributed by atoms with Gasteiger partial charge in [0.2, 0.25) is 0 Å². The first-order chi connectivity index (χ1) is 6.51. The lowest BCUT2D eigenvalue weighted by Gasteiger charge is -2.06. The highest BCUT2D eigenvalue weighted by Crippen LogP contribution is 2.14. The molecule has 0 heterocycles. The van der Waals surface area contributed by atoms with Crippen molar-refractivity contribution in [1.29, 1.82) is 0 Å². The molecule has 1 rings (SSSR count). The van der Waals surface area contributed by atoms with Crippen molar-refractivity contribution < 1.29 is 4.74 Å². The van der Waals surface area contributed by atoms with Crippen LogP contribution < -0.4 is 4.74 Å². The summed E-state index contributed by atoms with van der Waals surface area (Å²) in [5.41, 5.74) is 1.04.